The SMILES string of the molecule is COc1cccc2c1C(=O)c1c(cc3c(c1O)[C@@H](OC1CC(NC(=O)OCCSSC[C@H](NC(=O)[C@@H](C)CC(=O)O)C(=O)O)C(O)C(C)O1)C[C@](O)(C(=O)CO)C3O)C2=O. The van der Waals surface area contributed by atoms with Crippen LogP contribution in [0.4, 0.5) is 4.79 Å². The van der Waals surface area contributed by atoms with E-state index in [9.17, 15) is 64.2 Å². The topological polar surface area (TPSA) is 322 Å². The van der Waals surface area contributed by atoms with Crippen molar-refractivity contribution >= 4 is 62.9 Å². The number of fused-ring (bicyclic) bond motifs is 3. The van der Waals surface area contributed by atoms with E-state index in [1.807, 2.05) is 0 Å². The van der Waals surface area contributed by atoms with Crippen molar-refractivity contribution < 1.29 is 88.3 Å². The number of carbonyl (C=O) groups is 7. The number of benzene rings is 2. The van der Waals surface area contributed by atoms with Crippen LogP contribution in [0.5, 0.6) is 11.5 Å². The molecule has 1 fully saturated rings. The third-order valence-corrected chi connectivity index (χ3v) is 12.7. The highest BCUT2D eigenvalue weighted by Crippen LogP contribution is 2.52. The molecule has 3 aliphatic rings. The van der Waals surface area contributed by atoms with Crippen LogP contribution in [0.1, 0.15) is 88.3 Å². The molecule has 1 aliphatic heterocycles. The van der Waals surface area contributed by atoms with E-state index < -0.39 is 126 Å². The van der Waals surface area contributed by atoms with Gasteiger partial charge in [0.15, 0.2) is 23.5 Å². The van der Waals surface area contributed by atoms with E-state index in [4.69, 9.17) is 24.1 Å². The Hall–Kier alpha value is -4.81. The van der Waals surface area contributed by atoms with E-state index in [0.717, 1.165) is 27.7 Å². The van der Waals surface area contributed by atoms with Crippen LogP contribution in [0.25, 0.3) is 0 Å². The molecular weight excluding hydrogens is 837 g/mol. The Bertz CT molecular complexity index is 2050. The smallest absolute Gasteiger partial charge is 0.407 e. The first-order valence-corrected chi connectivity index (χ1v) is 21.0. The number of rotatable bonds is 17. The summed E-state index contributed by atoms with van der Waals surface area (Å²) >= 11 is 0. The van der Waals surface area contributed by atoms with E-state index >= 15 is 0 Å². The number of nitrogens with one attached hydrogen (secondary N) is 2. The van der Waals surface area contributed by atoms with Gasteiger partial charge in [0.25, 0.3) is 0 Å². The second-order valence-electron chi connectivity index (χ2n) is 14.3. The lowest BCUT2D eigenvalue weighted by atomic mass is 9.71. The van der Waals surface area contributed by atoms with Crippen LogP contribution >= 0.6 is 21.6 Å². The number of carboxylic acids is 2. The molecule has 1 saturated heterocycles. The summed E-state index contributed by atoms with van der Waals surface area (Å²) in [6.45, 7) is 1.44. The number of ether oxygens (including phenoxy) is 4. The van der Waals surface area contributed by atoms with Gasteiger partial charge in [0.1, 0.15) is 43.0 Å². The molecule has 20 nitrogen and oxygen atoms in total. The Morgan fingerprint density at radius 3 is 2.42 bits per heavy atom. The number of hydrogen-bond donors (Lipinski definition) is 9. The lowest BCUT2D eigenvalue weighted by Crippen LogP contribution is -2.56. The van der Waals surface area contributed by atoms with Crippen LogP contribution in [0.15, 0.2) is 24.3 Å². The number of ketones is 3. The summed E-state index contributed by atoms with van der Waals surface area (Å²) < 4.78 is 22.5. The zero-order valence-electron chi connectivity index (χ0n) is 32.3. The Kier molecular flexibility index (Phi) is 14.9. The van der Waals surface area contributed by atoms with Crippen LogP contribution in [0, 0.1) is 5.92 Å². The average Bonchev–Trinajstić information content (AvgIpc) is 3.20. The van der Waals surface area contributed by atoms with Crippen LogP contribution in [-0.2, 0) is 33.4 Å². The molecule has 0 bridgehead atoms. The molecule has 0 spiro atoms. The number of aliphatic hydroxyl groups excluding tert-OH is 3. The molecule has 2 aliphatic carbocycles. The predicted molar refractivity (Wildman–Crippen MR) is 208 cm³/mol. The molecule has 0 radical (unpaired) electrons. The third kappa shape index (κ3) is 9.55. The minimum atomic E-state index is -2.71. The molecule has 0 saturated carbocycles. The zero-order chi connectivity index (χ0) is 44.2. The van der Waals surface area contributed by atoms with Crippen molar-refractivity contribution in [1.29, 1.82) is 0 Å². The molecule has 326 valence electrons. The largest absolute Gasteiger partial charge is 0.507 e. The Labute approximate surface area is 349 Å². The van der Waals surface area contributed by atoms with Gasteiger partial charge in [-0.1, -0.05) is 40.6 Å². The highest BCUT2D eigenvalue weighted by atomic mass is 33.1. The van der Waals surface area contributed by atoms with Gasteiger partial charge in [0.2, 0.25) is 11.7 Å². The van der Waals surface area contributed by atoms with Crippen molar-refractivity contribution in [2.75, 3.05) is 31.8 Å². The average molecular weight is 881 g/mol. The van der Waals surface area contributed by atoms with Gasteiger partial charge < -0.3 is 65.3 Å². The first kappa shape index (κ1) is 46.3. The highest BCUT2D eigenvalue weighted by Gasteiger charge is 2.53. The summed E-state index contributed by atoms with van der Waals surface area (Å²) in [4.78, 5) is 87.9. The van der Waals surface area contributed by atoms with Crippen molar-refractivity contribution in [1.82, 2.24) is 10.6 Å². The number of Topliss-reactive ketones (excluding diaryl/α,β-unsaturated/α-hetero) is 1. The number of hydrogen-bond acceptors (Lipinski definition) is 18. The van der Waals surface area contributed by atoms with Gasteiger partial charge in [-0.3, -0.25) is 24.0 Å². The molecule has 60 heavy (non-hydrogen) atoms. The lowest BCUT2D eigenvalue weighted by Gasteiger charge is -2.44. The number of amides is 2. The van der Waals surface area contributed by atoms with Crippen molar-refractivity contribution in [2.24, 2.45) is 5.92 Å². The summed E-state index contributed by atoms with van der Waals surface area (Å²) in [7, 11) is 3.48. The summed E-state index contributed by atoms with van der Waals surface area (Å²) in [6.07, 6.45) is -9.79. The molecule has 0 aromatic heterocycles. The number of methoxy groups -OCH3 is 1. The molecule has 9 atom stereocenters. The van der Waals surface area contributed by atoms with Gasteiger partial charge in [0.05, 0.1) is 42.9 Å². The number of phenols is 1. The summed E-state index contributed by atoms with van der Waals surface area (Å²) in [5.74, 6) is -7.58. The standard InChI is InChI=1S/C38H44N2O18S2/c1-15(9-25(43)44)35(50)39-21(36(51)52)14-60-59-8-7-56-37(53)40-20-11-26(57-16(2)30(20)45)58-23-12-38(54,24(42)13-41)34(49)19-10-18-29(33(48)28(19)23)32(47)27-17(31(18)46)5-4-6-22(27)55-3/h4-6,10,15-16,20-21,23,26,30,34,41,45,48-49,54H,7-9,11-14H2,1-3H3,(H,39,50)(H,40,53)(H,43,44)(H,51,52)/t15-,16?,20?,21-,23-,26?,30?,34?,38-/m0/s1. The normalized spacial score (nSPS) is 25.4. The summed E-state index contributed by atoms with van der Waals surface area (Å²) in [6, 6.07) is 3.00. The first-order chi connectivity index (χ1) is 28.3. The monoisotopic (exact) mass is 880 g/mol. The predicted octanol–water partition coefficient (Wildman–Crippen LogP) is 0.616. The molecule has 2 aromatic carbocycles. The van der Waals surface area contributed by atoms with E-state index in [2.05, 4.69) is 10.6 Å². The fraction of sp³-hybridized carbons (Fsp3) is 0.500. The number of carboxylic acid groups (broad SMARTS) is 2. The zero-order valence-corrected chi connectivity index (χ0v) is 33.9. The maximum atomic E-state index is 13.9. The van der Waals surface area contributed by atoms with Crippen LogP contribution in [0.2, 0.25) is 0 Å². The van der Waals surface area contributed by atoms with E-state index in [0.29, 0.717) is 0 Å². The van der Waals surface area contributed by atoms with Crippen LogP contribution < -0.4 is 15.4 Å². The summed E-state index contributed by atoms with van der Waals surface area (Å²) in [5, 5.41) is 78.4. The molecule has 1 heterocycles. The van der Waals surface area contributed by atoms with Gasteiger partial charge in [-0.15, -0.1) is 0 Å². The fourth-order valence-corrected chi connectivity index (χ4v) is 9.17. The number of alkyl carbamates (subject to hydrolysis) is 1. The highest BCUT2D eigenvalue weighted by molar-refractivity contribution is 8.76. The molecular formula is C38H44N2O18S2. The lowest BCUT2D eigenvalue weighted by molar-refractivity contribution is -0.253. The van der Waals surface area contributed by atoms with E-state index in [1.54, 1.807) is 0 Å². The molecule has 5 unspecified atom stereocenters. The van der Waals surface area contributed by atoms with Crippen molar-refractivity contribution in [3.8, 4) is 11.5 Å². The number of aliphatic hydroxyl groups is 4. The van der Waals surface area contributed by atoms with Crippen molar-refractivity contribution in [2.45, 2.75) is 81.5 Å². The second-order valence-corrected chi connectivity index (χ2v) is 16.9. The Morgan fingerprint density at radius 1 is 1.05 bits per heavy atom. The summed E-state index contributed by atoms with van der Waals surface area (Å²) in [5.41, 5.74) is -4.27. The quantitative estimate of drug-likeness (QED) is 0.0663. The number of phenolic OH excluding ortho intramolecular Hbond substituents is 1. The van der Waals surface area contributed by atoms with Gasteiger partial charge in [0, 0.05) is 47.0 Å². The fourth-order valence-electron chi connectivity index (χ4n) is 7.19. The Morgan fingerprint density at radius 2 is 1.77 bits per heavy atom. The van der Waals surface area contributed by atoms with Gasteiger partial charge >= 0.3 is 18.0 Å². The van der Waals surface area contributed by atoms with Crippen molar-refractivity contribution in [3.05, 3.63) is 57.6 Å². The molecule has 22 heteroatoms. The number of carbonyl (C=O) groups excluding carboxylic acids is 5. The molecule has 2 aromatic rings. The minimum absolute atomic E-state index is 0.0537. The molecule has 5 rings (SSSR count). The van der Waals surface area contributed by atoms with Crippen LogP contribution in [-0.4, -0.2) is 145 Å². The van der Waals surface area contributed by atoms with Crippen molar-refractivity contribution in [3.63, 3.8) is 0 Å². The van der Waals surface area contributed by atoms with E-state index in [-0.39, 0.29) is 58.1 Å². The third-order valence-electron chi connectivity index (χ3n) is 10.3. The van der Waals surface area contributed by atoms with Gasteiger partial charge in [-0.25, -0.2) is 9.59 Å². The second kappa shape index (κ2) is 19.3. The van der Waals surface area contributed by atoms with Gasteiger partial charge in [-0.05, 0) is 24.6 Å². The molecule has 2 amide bonds. The Balaban J connectivity index is 1.27. The van der Waals surface area contributed by atoms with E-state index in [1.165, 1.54) is 39.2 Å². The number of aromatic hydroxyl groups is 1. The maximum absolute atomic E-state index is 13.9. The molecule has 9 N–H and O–H groups in total. The maximum Gasteiger partial charge on any atom is 0.407 e. The number of aliphatic carboxylic acids is 2. The first-order valence-electron chi connectivity index (χ1n) is 18.5. The van der Waals surface area contributed by atoms with Crippen LogP contribution in [0.3, 0.4) is 0 Å². The minimum Gasteiger partial charge on any atom is -0.507 e. The van der Waals surface area contributed by atoms with Gasteiger partial charge in [-0.2, -0.15) is 0 Å².